The summed E-state index contributed by atoms with van der Waals surface area (Å²) in [4.78, 5) is 40.2. The van der Waals surface area contributed by atoms with Crippen molar-refractivity contribution in [1.29, 1.82) is 0 Å². The van der Waals surface area contributed by atoms with Crippen LogP contribution in [0.1, 0.15) is 93.4 Å². The first-order valence-corrected chi connectivity index (χ1v) is 14.4. The molecule has 0 aromatic heterocycles. The first-order chi connectivity index (χ1) is 17.7. The summed E-state index contributed by atoms with van der Waals surface area (Å²) >= 11 is 0. The number of Topliss-reactive ketones (excluding diaryl/α,β-unsaturated/α-hetero) is 1. The van der Waals surface area contributed by atoms with Crippen molar-refractivity contribution in [2.75, 3.05) is 7.11 Å². The van der Waals surface area contributed by atoms with Crippen molar-refractivity contribution in [1.82, 2.24) is 0 Å². The van der Waals surface area contributed by atoms with Crippen molar-refractivity contribution in [3.63, 3.8) is 0 Å². The highest BCUT2D eigenvalue weighted by Crippen LogP contribution is 2.74. The molecule has 0 aliphatic heterocycles. The molecular weight excluding hydrogens is 505 g/mol. The lowest BCUT2D eigenvalue weighted by molar-refractivity contribution is -0.177. The van der Waals surface area contributed by atoms with Crippen LogP contribution in [0, 0.1) is 50.2 Å². The lowest BCUT2D eigenvalue weighted by Gasteiger charge is -2.69. The Balaban J connectivity index is 1.68. The van der Waals surface area contributed by atoms with Gasteiger partial charge in [-0.05, 0) is 86.0 Å². The highest BCUT2D eigenvalue weighted by Gasteiger charge is 2.71. The average Bonchev–Trinajstić information content (AvgIpc) is 2.82. The number of rotatable bonds is 1. The van der Waals surface area contributed by atoms with Crippen LogP contribution in [0.25, 0.3) is 0 Å². The van der Waals surface area contributed by atoms with Gasteiger partial charge in [-0.15, -0.1) is 0 Å². The van der Waals surface area contributed by atoms with E-state index in [1.54, 1.807) is 26.8 Å². The molecule has 0 N–H and O–H groups in total. The van der Waals surface area contributed by atoms with Gasteiger partial charge in [0.2, 0.25) is 0 Å². The number of carbonyl (C=O) groups is 3. The molecule has 5 aliphatic rings. The Morgan fingerprint density at radius 1 is 0.949 bits per heavy atom. The molecule has 0 radical (unpaired) electrons. The summed E-state index contributed by atoms with van der Waals surface area (Å²) in [6.07, 6.45) is 3.36. The van der Waals surface area contributed by atoms with Gasteiger partial charge in [-0.3, -0.25) is 14.4 Å². The summed E-state index contributed by atoms with van der Waals surface area (Å²) in [6, 6.07) is 0. The molecule has 5 aliphatic carbocycles. The number of esters is 1. The van der Waals surface area contributed by atoms with E-state index in [2.05, 4.69) is 20.8 Å². The summed E-state index contributed by atoms with van der Waals surface area (Å²) < 4.78 is 47.8. The molecular formula is C32H43F3O4. The molecule has 0 spiro atoms. The molecule has 0 aromatic carbocycles. The second-order valence-corrected chi connectivity index (χ2v) is 15.2. The Bertz CT molecular complexity index is 1210. The van der Waals surface area contributed by atoms with Gasteiger partial charge in [0.15, 0.2) is 11.6 Å². The van der Waals surface area contributed by atoms with E-state index in [9.17, 15) is 27.6 Å². The second-order valence-electron chi connectivity index (χ2n) is 15.2. The van der Waals surface area contributed by atoms with Crippen molar-refractivity contribution in [2.45, 2.75) is 99.6 Å². The van der Waals surface area contributed by atoms with Gasteiger partial charge in [-0.1, -0.05) is 53.2 Å². The van der Waals surface area contributed by atoms with Gasteiger partial charge < -0.3 is 4.74 Å². The van der Waals surface area contributed by atoms with E-state index < -0.39 is 50.5 Å². The maximum Gasteiger partial charge on any atom is 0.419 e. The predicted molar refractivity (Wildman–Crippen MR) is 141 cm³/mol. The maximum atomic E-state index is 14.3. The van der Waals surface area contributed by atoms with E-state index in [1.807, 2.05) is 6.92 Å². The number of alkyl halides is 3. The van der Waals surface area contributed by atoms with E-state index in [0.29, 0.717) is 19.3 Å². The molecule has 0 heterocycles. The average molecular weight is 549 g/mol. The van der Waals surface area contributed by atoms with Crippen molar-refractivity contribution in [2.24, 2.45) is 50.2 Å². The minimum atomic E-state index is -4.77. The predicted octanol–water partition coefficient (Wildman–Crippen LogP) is 7.42. The lowest BCUT2D eigenvalue weighted by atomic mass is 9.34. The third-order valence-electron chi connectivity index (χ3n) is 12.9. The Morgan fingerprint density at radius 3 is 2.15 bits per heavy atom. The first kappa shape index (κ1) is 28.6. The van der Waals surface area contributed by atoms with Crippen LogP contribution in [0.5, 0.6) is 0 Å². The summed E-state index contributed by atoms with van der Waals surface area (Å²) in [5.74, 6) is -2.24. The standard InChI is InChI=1S/C32H43F3O4/c1-26(2)22-9-10-31(7)23(29(22,5)17-20(24(26)37)32(33,34)35)21(36)15-18-19-16-28(4,25(38)39-8)12-11-27(19,3)13-14-30(18,31)6/h15,17,19,22-23H,9-14,16H2,1-8H3/t19-,22?,23-,27-,28?,29+,30-,31-/m1/s1. The van der Waals surface area contributed by atoms with Crippen LogP contribution in [-0.4, -0.2) is 30.8 Å². The molecule has 5 rings (SSSR count). The topological polar surface area (TPSA) is 60.4 Å². The van der Waals surface area contributed by atoms with Crippen LogP contribution in [0.15, 0.2) is 23.3 Å². The summed E-state index contributed by atoms with van der Waals surface area (Å²) in [5.41, 5.74) is -4.04. The number of allylic oxidation sites excluding steroid dienone is 4. The van der Waals surface area contributed by atoms with Crippen LogP contribution in [0.4, 0.5) is 13.2 Å². The molecule has 2 unspecified atom stereocenters. The normalized spacial score (nSPS) is 47.1. The molecule has 0 aromatic rings. The van der Waals surface area contributed by atoms with Gasteiger partial charge in [-0.2, -0.15) is 13.2 Å². The van der Waals surface area contributed by atoms with Crippen molar-refractivity contribution in [3.8, 4) is 0 Å². The van der Waals surface area contributed by atoms with Crippen LogP contribution in [-0.2, 0) is 19.1 Å². The fourth-order valence-electron chi connectivity index (χ4n) is 10.3. The minimum absolute atomic E-state index is 0.0204. The number of ketones is 2. The molecule has 3 saturated carbocycles. The van der Waals surface area contributed by atoms with Gasteiger partial charge in [-0.25, -0.2) is 0 Å². The van der Waals surface area contributed by atoms with Crippen molar-refractivity contribution < 1.29 is 32.3 Å². The van der Waals surface area contributed by atoms with Gasteiger partial charge in [0.1, 0.15) is 0 Å². The molecule has 0 amide bonds. The smallest absolute Gasteiger partial charge is 0.419 e. The molecule has 8 atom stereocenters. The van der Waals surface area contributed by atoms with Gasteiger partial charge in [0.05, 0.1) is 18.1 Å². The zero-order valence-corrected chi connectivity index (χ0v) is 24.6. The number of fused-ring (bicyclic) bond motifs is 7. The molecule has 39 heavy (non-hydrogen) atoms. The molecule has 4 nitrogen and oxygen atoms in total. The Kier molecular flexibility index (Phi) is 5.93. The fraction of sp³-hybridized carbons (Fsp3) is 0.781. The lowest BCUT2D eigenvalue weighted by Crippen LogP contribution is -2.66. The highest BCUT2D eigenvalue weighted by molar-refractivity contribution is 6.03. The van der Waals surface area contributed by atoms with Crippen molar-refractivity contribution >= 4 is 17.5 Å². The van der Waals surface area contributed by atoms with Gasteiger partial charge in [0, 0.05) is 16.7 Å². The molecule has 0 saturated heterocycles. The summed E-state index contributed by atoms with van der Waals surface area (Å²) in [5, 5.41) is 0. The zero-order chi connectivity index (χ0) is 29.2. The number of hydrogen-bond acceptors (Lipinski definition) is 4. The summed E-state index contributed by atoms with van der Waals surface area (Å²) in [7, 11) is 1.42. The van der Waals surface area contributed by atoms with Crippen LogP contribution in [0.2, 0.25) is 0 Å². The maximum absolute atomic E-state index is 14.3. The third-order valence-corrected chi connectivity index (χ3v) is 12.9. The quantitative estimate of drug-likeness (QED) is 0.320. The van der Waals surface area contributed by atoms with Gasteiger partial charge in [0.25, 0.3) is 0 Å². The van der Waals surface area contributed by atoms with E-state index >= 15 is 0 Å². The fourth-order valence-corrected chi connectivity index (χ4v) is 10.3. The van der Waals surface area contributed by atoms with Crippen molar-refractivity contribution in [3.05, 3.63) is 23.3 Å². The zero-order valence-electron chi connectivity index (χ0n) is 24.6. The van der Waals surface area contributed by atoms with Crippen LogP contribution in [0.3, 0.4) is 0 Å². The molecule has 216 valence electrons. The number of carbonyl (C=O) groups excluding carboxylic acids is 3. The highest BCUT2D eigenvalue weighted by atomic mass is 19.4. The number of methoxy groups -OCH3 is 1. The number of ether oxygens (including phenoxy) is 1. The van der Waals surface area contributed by atoms with E-state index in [-0.39, 0.29) is 29.0 Å². The number of halogens is 3. The Morgan fingerprint density at radius 2 is 1.56 bits per heavy atom. The van der Waals surface area contributed by atoms with Crippen LogP contribution >= 0.6 is 0 Å². The van der Waals surface area contributed by atoms with E-state index in [4.69, 9.17) is 4.74 Å². The molecule has 0 bridgehead atoms. The van der Waals surface area contributed by atoms with E-state index in [1.165, 1.54) is 7.11 Å². The molecule has 7 heteroatoms. The Labute approximate surface area is 230 Å². The Hall–Kier alpha value is -1.92. The minimum Gasteiger partial charge on any atom is -0.469 e. The molecule has 3 fully saturated rings. The van der Waals surface area contributed by atoms with E-state index in [0.717, 1.165) is 37.3 Å². The number of hydrogen-bond donors (Lipinski definition) is 0. The monoisotopic (exact) mass is 548 g/mol. The second kappa shape index (κ2) is 8.09. The van der Waals surface area contributed by atoms with Gasteiger partial charge >= 0.3 is 12.1 Å². The third kappa shape index (κ3) is 3.52. The first-order valence-electron chi connectivity index (χ1n) is 14.4. The SMILES string of the molecule is COC(=O)C1(C)CC[C@]2(C)CC[C@]3(C)C(=CC(=O)[C@@H]4[C@@]5(C)C=C(C(F)(F)F)C(=O)C(C)(C)C5CC[C@]43C)[C@H]2C1. The van der Waals surface area contributed by atoms with Crippen LogP contribution < -0.4 is 0 Å². The summed E-state index contributed by atoms with van der Waals surface area (Å²) in [6.45, 7) is 13.6. The largest absolute Gasteiger partial charge is 0.469 e.